The third-order valence-electron chi connectivity index (χ3n) is 2.62. The molecule has 0 aliphatic heterocycles. The largest absolute Gasteiger partial charge is 0.480 e. The zero-order chi connectivity index (χ0) is 16.6. The maximum absolute atomic E-state index is 11.8. The van der Waals surface area contributed by atoms with E-state index < -0.39 is 43.6 Å². The predicted octanol–water partition coefficient (Wildman–Crippen LogP) is -1.72. The van der Waals surface area contributed by atoms with Crippen molar-refractivity contribution in [1.82, 2.24) is 10.6 Å². The summed E-state index contributed by atoms with van der Waals surface area (Å²) in [7, 11) is -2.06. The first-order valence-electron chi connectivity index (χ1n) is 6.36. The van der Waals surface area contributed by atoms with E-state index >= 15 is 0 Å². The van der Waals surface area contributed by atoms with Crippen LogP contribution in [0.25, 0.3) is 0 Å². The molecule has 0 heterocycles. The second-order valence-electron chi connectivity index (χ2n) is 4.83. The van der Waals surface area contributed by atoms with Gasteiger partial charge in [-0.2, -0.15) is 0 Å². The number of hydrogen-bond acceptors (Lipinski definition) is 6. The van der Waals surface area contributed by atoms with Crippen LogP contribution in [0.1, 0.15) is 26.7 Å². The molecule has 6 N–H and O–H groups in total. The van der Waals surface area contributed by atoms with E-state index in [0.29, 0.717) is 6.42 Å². The summed E-state index contributed by atoms with van der Waals surface area (Å²) in [6.07, 6.45) is 0.146. The fourth-order valence-corrected chi connectivity index (χ4v) is 2.07. The van der Waals surface area contributed by atoms with Gasteiger partial charge in [-0.1, -0.05) is 0 Å². The van der Waals surface area contributed by atoms with Gasteiger partial charge in [0.2, 0.25) is 5.91 Å². The van der Waals surface area contributed by atoms with Crippen LogP contribution in [0.4, 0.5) is 0 Å². The van der Waals surface area contributed by atoms with E-state index in [4.69, 9.17) is 15.9 Å². The average molecular weight is 346 g/mol. The number of aliphatic hydroxyl groups is 1. The summed E-state index contributed by atoms with van der Waals surface area (Å²) >= 11 is 0. The molecule has 3 atom stereocenters. The second kappa shape index (κ2) is 11.2. The van der Waals surface area contributed by atoms with E-state index in [2.05, 4.69) is 10.6 Å². The molecule has 0 aromatic rings. The molecule has 0 saturated heterocycles. The molecule has 2 amide bonds. The summed E-state index contributed by atoms with van der Waals surface area (Å²) < 4.78 is 11.0. The van der Waals surface area contributed by atoms with Crippen LogP contribution in [0, 0.1) is 0 Å². The first-order valence-corrected chi connectivity index (χ1v) is 8.18. The Bertz CT molecular complexity index is 432. The van der Waals surface area contributed by atoms with Crippen LogP contribution < -0.4 is 16.4 Å². The Morgan fingerprint density at radius 2 is 1.91 bits per heavy atom. The average Bonchev–Trinajstić information content (AvgIpc) is 2.37. The van der Waals surface area contributed by atoms with Crippen LogP contribution in [-0.2, 0) is 18.9 Å². The minimum absolute atomic E-state index is 0. The number of carboxylic acid groups (broad SMARTS) is 1. The van der Waals surface area contributed by atoms with Crippen LogP contribution in [0.15, 0.2) is 0 Å². The van der Waals surface area contributed by atoms with Gasteiger partial charge in [0.1, 0.15) is 13.8 Å². The van der Waals surface area contributed by atoms with Crippen molar-refractivity contribution in [1.29, 1.82) is 0 Å². The van der Waals surface area contributed by atoms with E-state index in [1.807, 2.05) is 0 Å². The Labute approximate surface area is 151 Å². The number of carbonyl (C=O) groups excluding carboxylic acids is 2. The van der Waals surface area contributed by atoms with Crippen LogP contribution in [-0.4, -0.2) is 81.8 Å². The second-order valence-corrected chi connectivity index (χ2v) is 6.73. The Kier molecular flexibility index (Phi) is 12.1. The van der Waals surface area contributed by atoms with Crippen molar-refractivity contribution in [2.45, 2.75) is 38.4 Å². The van der Waals surface area contributed by atoms with Gasteiger partial charge in [-0.15, -0.1) is 0 Å². The predicted molar refractivity (Wildman–Crippen MR) is 81.9 cm³/mol. The molecular weight excluding hydrogens is 324 g/mol. The molecule has 123 valence electrons. The van der Waals surface area contributed by atoms with Crippen molar-refractivity contribution in [3.63, 3.8) is 0 Å². The molecule has 1 radical (unpaired) electrons. The molecule has 0 rings (SSSR count). The minimum atomic E-state index is -2.06. The van der Waals surface area contributed by atoms with Crippen molar-refractivity contribution < 1.29 is 29.2 Å². The monoisotopic (exact) mass is 346 g/mol. The van der Waals surface area contributed by atoms with Crippen molar-refractivity contribution in [3.8, 4) is 0 Å². The fourth-order valence-electron chi connectivity index (χ4n) is 1.34. The Hall–Kier alpha value is -0.440. The molecule has 0 aliphatic rings. The molecule has 0 bridgehead atoms. The van der Waals surface area contributed by atoms with Gasteiger partial charge in [-0.25, -0.2) is 0 Å². The summed E-state index contributed by atoms with van der Waals surface area (Å²) in [6, 6.07) is -1.13. The van der Waals surface area contributed by atoms with Gasteiger partial charge in [0, 0.05) is 42.1 Å². The van der Waals surface area contributed by atoms with Crippen LogP contribution >= 0.6 is 7.80 Å². The molecule has 0 aliphatic carbocycles. The number of carboxylic acids is 1. The Morgan fingerprint density at radius 3 is 2.36 bits per heavy atom. The number of rotatable bonds is 9. The topological polar surface area (TPSA) is 159 Å². The normalized spacial score (nSPS) is 15.6. The fraction of sp³-hybridized carbons (Fsp3) is 0.727. The van der Waals surface area contributed by atoms with Crippen molar-refractivity contribution in [2.24, 2.45) is 5.73 Å². The molecule has 11 heteroatoms. The molecule has 0 fully saturated rings. The summed E-state index contributed by atoms with van der Waals surface area (Å²) in [4.78, 5) is 34.0. The molecule has 0 saturated carbocycles. The SMILES string of the molecule is C[C@H](NC(=O)[C@@](C)(N)NC(=O)CCC[PH](=O)CO)C(=O)O.[Na]. The molecule has 22 heavy (non-hydrogen) atoms. The van der Waals surface area contributed by atoms with Gasteiger partial charge in [-0.05, 0) is 20.3 Å². The van der Waals surface area contributed by atoms with Crippen LogP contribution in [0.5, 0.6) is 0 Å². The third-order valence-corrected chi connectivity index (χ3v) is 3.89. The number of aliphatic hydroxyl groups excluding tert-OH is 1. The number of carbonyl (C=O) groups is 3. The minimum Gasteiger partial charge on any atom is -0.480 e. The smallest absolute Gasteiger partial charge is 0.325 e. The standard InChI is InChI=1S/C11H22N3O6P.Na/c1-7(9(17)18)13-10(19)11(2,12)14-8(16)4-3-5-21(20)6-15;/h7,15,21H,3-6,12H2,1-2H3,(H,13,19)(H,14,16)(H,17,18);/t7-,11-;/m0./s1. The number of nitrogens with one attached hydrogen (secondary N) is 2. The van der Waals surface area contributed by atoms with Crippen molar-refractivity contribution in [3.05, 3.63) is 0 Å². The number of nitrogens with two attached hydrogens (primary N) is 1. The summed E-state index contributed by atoms with van der Waals surface area (Å²) in [6.45, 7) is 2.51. The van der Waals surface area contributed by atoms with Gasteiger partial charge >= 0.3 is 5.97 Å². The first-order chi connectivity index (χ1) is 9.60. The summed E-state index contributed by atoms with van der Waals surface area (Å²) in [5.41, 5.74) is 3.89. The van der Waals surface area contributed by atoms with Crippen molar-refractivity contribution >= 4 is 55.1 Å². The third kappa shape index (κ3) is 9.55. The maximum atomic E-state index is 11.8. The van der Waals surface area contributed by atoms with Gasteiger partial charge in [-0.3, -0.25) is 14.4 Å². The molecular formula is C11H22N3NaO6P. The van der Waals surface area contributed by atoms with Crippen molar-refractivity contribution in [2.75, 3.05) is 12.5 Å². The van der Waals surface area contributed by atoms with E-state index in [9.17, 15) is 18.9 Å². The van der Waals surface area contributed by atoms with Gasteiger partial charge in [0.15, 0.2) is 5.66 Å². The summed E-state index contributed by atoms with van der Waals surface area (Å²) in [5.74, 6) is -2.57. The maximum Gasteiger partial charge on any atom is 0.325 e. The van der Waals surface area contributed by atoms with Crippen LogP contribution in [0.2, 0.25) is 0 Å². The number of amides is 2. The van der Waals surface area contributed by atoms with Gasteiger partial charge < -0.3 is 31.1 Å². The van der Waals surface area contributed by atoms with Gasteiger partial charge in [0.05, 0.1) is 6.35 Å². The quantitative estimate of drug-likeness (QED) is 0.188. The molecule has 1 unspecified atom stereocenters. The summed E-state index contributed by atoms with van der Waals surface area (Å²) in [5, 5.41) is 21.7. The van der Waals surface area contributed by atoms with E-state index in [1.54, 1.807) is 0 Å². The van der Waals surface area contributed by atoms with Crippen LogP contribution in [0.3, 0.4) is 0 Å². The number of hydrogen-bond donors (Lipinski definition) is 5. The zero-order valence-corrected chi connectivity index (χ0v) is 16.0. The van der Waals surface area contributed by atoms with E-state index in [-0.39, 0.29) is 42.1 Å². The van der Waals surface area contributed by atoms with Gasteiger partial charge in [0.25, 0.3) is 5.91 Å². The van der Waals surface area contributed by atoms with E-state index in [0.717, 1.165) is 0 Å². The zero-order valence-electron chi connectivity index (χ0n) is 13.0. The Balaban J connectivity index is 0. The first kappa shape index (κ1) is 23.8. The Morgan fingerprint density at radius 1 is 1.36 bits per heavy atom. The molecule has 0 spiro atoms. The molecule has 0 aromatic carbocycles. The molecule has 0 aromatic heterocycles. The van der Waals surface area contributed by atoms with E-state index in [1.165, 1.54) is 13.8 Å². The molecule has 9 nitrogen and oxygen atoms in total. The number of aliphatic carboxylic acids is 1.